The number of hydrogen-bond acceptors (Lipinski definition) is 5. The summed E-state index contributed by atoms with van der Waals surface area (Å²) in [6.45, 7) is -0.329. The highest BCUT2D eigenvalue weighted by Gasteiger charge is 2.09. The van der Waals surface area contributed by atoms with Crippen molar-refractivity contribution in [1.82, 2.24) is 0 Å². The van der Waals surface area contributed by atoms with Crippen molar-refractivity contribution in [3.8, 4) is 0 Å². The fourth-order valence-corrected chi connectivity index (χ4v) is 0.401. The monoisotopic (exact) mass is 150 g/mol. The standard InChI is InChI=1S/C4H11BO5/c6-3-4(7)1-2-10-5(8)9/h4,6-9H,1-3H2. The Balaban J connectivity index is 3.03. The van der Waals surface area contributed by atoms with Gasteiger partial charge in [-0.3, -0.25) is 0 Å². The van der Waals surface area contributed by atoms with Gasteiger partial charge >= 0.3 is 7.32 Å². The van der Waals surface area contributed by atoms with Crippen molar-refractivity contribution in [3.63, 3.8) is 0 Å². The van der Waals surface area contributed by atoms with Gasteiger partial charge in [0.15, 0.2) is 0 Å². The summed E-state index contributed by atoms with van der Waals surface area (Å²) in [6.07, 6.45) is -0.660. The van der Waals surface area contributed by atoms with Gasteiger partial charge in [0, 0.05) is 6.61 Å². The van der Waals surface area contributed by atoms with Gasteiger partial charge in [-0.2, -0.15) is 0 Å². The highest BCUT2D eigenvalue weighted by molar-refractivity contribution is 6.32. The molecule has 60 valence electrons. The van der Waals surface area contributed by atoms with E-state index in [2.05, 4.69) is 4.65 Å². The highest BCUT2D eigenvalue weighted by Crippen LogP contribution is 1.90. The summed E-state index contributed by atoms with van der Waals surface area (Å²) >= 11 is 0. The summed E-state index contributed by atoms with van der Waals surface area (Å²) < 4.78 is 4.25. The molecule has 0 aromatic rings. The number of hydrogen-bond donors (Lipinski definition) is 4. The quantitative estimate of drug-likeness (QED) is 0.331. The predicted octanol–water partition coefficient (Wildman–Crippen LogP) is -2.28. The van der Waals surface area contributed by atoms with Crippen LogP contribution in [0.25, 0.3) is 0 Å². The lowest BCUT2D eigenvalue weighted by Crippen LogP contribution is -2.21. The van der Waals surface area contributed by atoms with Gasteiger partial charge in [-0.25, -0.2) is 0 Å². The first kappa shape index (κ1) is 9.86. The summed E-state index contributed by atoms with van der Waals surface area (Å²) in [5, 5.41) is 33.2. The minimum atomic E-state index is -1.80. The number of aliphatic hydroxyl groups excluding tert-OH is 2. The second kappa shape index (κ2) is 5.63. The van der Waals surface area contributed by atoms with Crippen LogP contribution in [-0.2, 0) is 4.65 Å². The third-order valence-corrected chi connectivity index (χ3v) is 0.929. The van der Waals surface area contributed by atoms with Gasteiger partial charge < -0.3 is 24.9 Å². The summed E-state index contributed by atoms with van der Waals surface area (Å²) in [5.74, 6) is 0. The van der Waals surface area contributed by atoms with Crippen LogP contribution in [0, 0.1) is 0 Å². The van der Waals surface area contributed by atoms with E-state index in [0.717, 1.165) is 0 Å². The van der Waals surface area contributed by atoms with Crippen LogP contribution in [0.15, 0.2) is 0 Å². The van der Waals surface area contributed by atoms with Crippen molar-refractivity contribution in [2.24, 2.45) is 0 Å². The Kier molecular flexibility index (Phi) is 5.56. The van der Waals surface area contributed by atoms with E-state index in [1.54, 1.807) is 0 Å². The highest BCUT2D eigenvalue weighted by atomic mass is 16.6. The zero-order chi connectivity index (χ0) is 7.98. The first-order chi connectivity index (χ1) is 4.66. The lowest BCUT2D eigenvalue weighted by atomic mass is 10.2. The second-order valence-corrected chi connectivity index (χ2v) is 1.82. The first-order valence-electron chi connectivity index (χ1n) is 2.93. The van der Waals surface area contributed by atoms with Gasteiger partial charge in [0.1, 0.15) is 0 Å². The summed E-state index contributed by atoms with van der Waals surface area (Å²) in [4.78, 5) is 0. The average Bonchev–Trinajstić information content (AvgIpc) is 1.87. The van der Waals surface area contributed by atoms with E-state index in [9.17, 15) is 0 Å². The largest absolute Gasteiger partial charge is 0.633 e. The number of rotatable bonds is 5. The Hall–Kier alpha value is -0.135. The minimum Gasteiger partial charge on any atom is -0.402 e. The van der Waals surface area contributed by atoms with Gasteiger partial charge in [-0.15, -0.1) is 0 Å². The molecule has 0 radical (unpaired) electrons. The molecule has 0 bridgehead atoms. The van der Waals surface area contributed by atoms with Gasteiger partial charge in [0.2, 0.25) is 0 Å². The van der Waals surface area contributed by atoms with Gasteiger partial charge in [0.05, 0.1) is 12.7 Å². The molecule has 0 saturated carbocycles. The molecule has 0 rings (SSSR count). The molecule has 0 aromatic carbocycles. The van der Waals surface area contributed by atoms with Crippen molar-refractivity contribution in [3.05, 3.63) is 0 Å². The van der Waals surface area contributed by atoms with E-state index in [0.29, 0.717) is 0 Å². The molecule has 0 heterocycles. The molecule has 1 atom stereocenters. The molecule has 1 unspecified atom stereocenters. The zero-order valence-corrected chi connectivity index (χ0v) is 5.47. The maximum absolute atomic E-state index is 8.68. The van der Waals surface area contributed by atoms with Gasteiger partial charge in [-0.05, 0) is 6.42 Å². The first-order valence-corrected chi connectivity index (χ1v) is 2.93. The fraction of sp³-hybridized carbons (Fsp3) is 1.00. The maximum Gasteiger partial charge on any atom is 0.633 e. The van der Waals surface area contributed by atoms with Crippen LogP contribution in [0.5, 0.6) is 0 Å². The minimum absolute atomic E-state index is 0.0133. The molecule has 0 spiro atoms. The topological polar surface area (TPSA) is 90.2 Å². The van der Waals surface area contributed by atoms with Crippen LogP contribution in [-0.4, -0.2) is 46.9 Å². The lowest BCUT2D eigenvalue weighted by Gasteiger charge is -2.06. The van der Waals surface area contributed by atoms with Crippen molar-refractivity contribution >= 4 is 7.32 Å². The fourth-order valence-electron chi connectivity index (χ4n) is 0.401. The van der Waals surface area contributed by atoms with Crippen LogP contribution in [0.4, 0.5) is 0 Å². The third kappa shape index (κ3) is 5.99. The second-order valence-electron chi connectivity index (χ2n) is 1.82. The van der Waals surface area contributed by atoms with Crippen LogP contribution >= 0.6 is 0 Å². The normalized spacial score (nSPS) is 13.2. The molecule has 0 aliphatic heterocycles. The van der Waals surface area contributed by atoms with E-state index in [1.807, 2.05) is 0 Å². The molecule has 4 N–H and O–H groups in total. The Morgan fingerprint density at radius 1 is 1.40 bits per heavy atom. The SMILES string of the molecule is OCC(O)CCOB(O)O. The molecular weight excluding hydrogens is 139 g/mol. The Morgan fingerprint density at radius 3 is 2.40 bits per heavy atom. The average molecular weight is 150 g/mol. The van der Waals surface area contributed by atoms with Crippen molar-refractivity contribution in [2.75, 3.05) is 13.2 Å². The van der Waals surface area contributed by atoms with E-state index in [-0.39, 0.29) is 19.6 Å². The predicted molar refractivity (Wildman–Crippen MR) is 33.9 cm³/mol. The van der Waals surface area contributed by atoms with Gasteiger partial charge in [0.25, 0.3) is 0 Å². The Labute approximate surface area is 59.1 Å². The molecule has 10 heavy (non-hydrogen) atoms. The van der Waals surface area contributed by atoms with E-state index in [1.165, 1.54) is 0 Å². The zero-order valence-electron chi connectivity index (χ0n) is 5.47. The van der Waals surface area contributed by atoms with Crippen molar-refractivity contribution in [1.29, 1.82) is 0 Å². The van der Waals surface area contributed by atoms with Crippen LogP contribution < -0.4 is 0 Å². The summed E-state index contributed by atoms with van der Waals surface area (Å²) in [6, 6.07) is 0. The van der Waals surface area contributed by atoms with E-state index in [4.69, 9.17) is 20.3 Å². The maximum atomic E-state index is 8.68. The van der Waals surface area contributed by atoms with Crippen LogP contribution in [0.3, 0.4) is 0 Å². The van der Waals surface area contributed by atoms with E-state index >= 15 is 0 Å². The molecule has 0 aliphatic carbocycles. The Morgan fingerprint density at radius 2 is 2.00 bits per heavy atom. The summed E-state index contributed by atoms with van der Waals surface area (Å²) in [7, 11) is -1.80. The molecular formula is C4H11BO5. The molecule has 0 saturated heterocycles. The van der Waals surface area contributed by atoms with E-state index < -0.39 is 13.4 Å². The molecule has 5 nitrogen and oxygen atoms in total. The smallest absolute Gasteiger partial charge is 0.402 e. The number of aliphatic hydroxyl groups is 2. The molecule has 6 heteroatoms. The molecule has 0 aliphatic rings. The summed E-state index contributed by atoms with van der Waals surface area (Å²) in [5.41, 5.74) is 0. The molecule has 0 aromatic heterocycles. The third-order valence-electron chi connectivity index (χ3n) is 0.929. The molecule has 0 fully saturated rings. The Bertz CT molecular complexity index is 78.0. The van der Waals surface area contributed by atoms with Crippen molar-refractivity contribution < 1.29 is 24.9 Å². The van der Waals surface area contributed by atoms with Gasteiger partial charge in [-0.1, -0.05) is 0 Å². The van der Waals surface area contributed by atoms with Crippen LogP contribution in [0.1, 0.15) is 6.42 Å². The molecule has 0 amide bonds. The van der Waals surface area contributed by atoms with Crippen molar-refractivity contribution in [2.45, 2.75) is 12.5 Å². The van der Waals surface area contributed by atoms with Crippen LogP contribution in [0.2, 0.25) is 0 Å². The lowest BCUT2D eigenvalue weighted by molar-refractivity contribution is 0.0670.